The van der Waals surface area contributed by atoms with Gasteiger partial charge in [-0.15, -0.1) is 0 Å². The third kappa shape index (κ3) is 3.86. The number of carbonyl (C=O) groups excluding carboxylic acids is 1. The Hall–Kier alpha value is -1.03. The summed E-state index contributed by atoms with van der Waals surface area (Å²) in [6, 6.07) is 0. The van der Waals surface area contributed by atoms with Crippen LogP contribution in [0.15, 0.2) is 11.1 Å². The third-order valence-corrected chi connectivity index (χ3v) is 15.1. The number of aliphatic hydroxyl groups excluding tert-OH is 4. The summed E-state index contributed by atoms with van der Waals surface area (Å²) in [5.74, 6) is 1.01. The Morgan fingerprint density at radius 3 is 2.23 bits per heavy atom. The van der Waals surface area contributed by atoms with Crippen molar-refractivity contribution in [1.29, 1.82) is 0 Å². The van der Waals surface area contributed by atoms with E-state index >= 15 is 0 Å². The lowest BCUT2D eigenvalue weighted by Gasteiger charge is -2.71. The molecule has 8 heteroatoms. The van der Waals surface area contributed by atoms with Crippen molar-refractivity contribution in [3.05, 3.63) is 11.1 Å². The highest BCUT2D eigenvalue weighted by molar-refractivity contribution is 5.84. The summed E-state index contributed by atoms with van der Waals surface area (Å²) in [4.78, 5) is 13.4. The maximum Gasteiger partial charge on any atom is 0.316 e. The van der Waals surface area contributed by atoms with Crippen LogP contribution in [0.25, 0.3) is 0 Å². The fourth-order valence-corrected chi connectivity index (χ4v) is 12.4. The Kier molecular flexibility index (Phi) is 6.77. The lowest BCUT2D eigenvalue weighted by atomic mass is 9.34. The maximum absolute atomic E-state index is 13.4. The lowest BCUT2D eigenvalue weighted by Crippen LogP contribution is -2.66. The fraction of sp³-hybridized carbons (Fsp3) is 0.914. The van der Waals surface area contributed by atoms with E-state index in [-0.39, 0.29) is 44.7 Å². The molecule has 242 valence electrons. The van der Waals surface area contributed by atoms with Gasteiger partial charge in [-0.3, -0.25) is 4.79 Å². The summed E-state index contributed by atoms with van der Waals surface area (Å²) >= 11 is 0. The molecule has 43 heavy (non-hydrogen) atoms. The van der Waals surface area contributed by atoms with E-state index < -0.39 is 37.3 Å². The topological polar surface area (TPSA) is 126 Å². The standard InChI is InChI=1S/C35H54O8/c1-30(2)22-9-12-34(6)23(32(22,4)11-10-24(30)42-28-27(39)26(38)25(37)21(18-36)41-28)8-7-19-20-17-31(3)13-15-35(20,29(40)43-31)16-14-33(19,34)5/h21-28,36-39H,7-18H2,1-6H3/t21-,22-,23+,24-,25+,26+,27+,28+,31-,32+,33-,34-,35-/m0/s1. The van der Waals surface area contributed by atoms with Crippen molar-refractivity contribution in [3.8, 4) is 0 Å². The van der Waals surface area contributed by atoms with Crippen molar-refractivity contribution < 1.29 is 39.4 Å². The number of esters is 1. The van der Waals surface area contributed by atoms with Gasteiger partial charge in [0.1, 0.15) is 30.0 Å². The van der Waals surface area contributed by atoms with Gasteiger partial charge in [-0.1, -0.05) is 40.2 Å². The molecule has 0 amide bonds. The van der Waals surface area contributed by atoms with Gasteiger partial charge in [0.05, 0.1) is 18.1 Å². The molecule has 13 atom stereocenters. The first-order valence-electron chi connectivity index (χ1n) is 17.0. The van der Waals surface area contributed by atoms with E-state index in [2.05, 4.69) is 41.5 Å². The van der Waals surface area contributed by atoms with Crippen LogP contribution in [0, 0.1) is 38.9 Å². The van der Waals surface area contributed by atoms with E-state index in [1.165, 1.54) is 5.57 Å². The molecule has 3 aliphatic heterocycles. The number of allylic oxidation sites excluding steroid dienone is 1. The first-order chi connectivity index (χ1) is 20.1. The van der Waals surface area contributed by atoms with Gasteiger partial charge in [-0.25, -0.2) is 0 Å². The average molecular weight is 603 g/mol. The quantitative estimate of drug-likeness (QED) is 0.213. The normalized spacial score (nSPS) is 55.5. The molecule has 8 nitrogen and oxygen atoms in total. The number of ether oxygens (including phenoxy) is 3. The van der Waals surface area contributed by atoms with Gasteiger partial charge < -0.3 is 34.6 Å². The van der Waals surface area contributed by atoms with Crippen LogP contribution in [-0.4, -0.2) is 75.4 Å². The summed E-state index contributed by atoms with van der Waals surface area (Å²) in [5, 5.41) is 41.0. The highest BCUT2D eigenvalue weighted by atomic mass is 16.7. The summed E-state index contributed by atoms with van der Waals surface area (Å²) in [6.07, 6.45) is 4.61. The Bertz CT molecular complexity index is 1210. The predicted molar refractivity (Wildman–Crippen MR) is 158 cm³/mol. The number of aliphatic hydroxyl groups is 4. The van der Waals surface area contributed by atoms with Gasteiger partial charge in [0, 0.05) is 6.42 Å². The fourth-order valence-electron chi connectivity index (χ4n) is 12.4. The smallest absolute Gasteiger partial charge is 0.316 e. The number of fused-ring (bicyclic) bond motifs is 7. The monoisotopic (exact) mass is 602 g/mol. The van der Waals surface area contributed by atoms with Crippen LogP contribution >= 0.6 is 0 Å². The first-order valence-corrected chi connectivity index (χ1v) is 17.0. The zero-order valence-electron chi connectivity index (χ0n) is 27.0. The van der Waals surface area contributed by atoms with Gasteiger partial charge in [-0.05, 0) is 110 Å². The van der Waals surface area contributed by atoms with Crippen molar-refractivity contribution in [2.24, 2.45) is 38.9 Å². The molecule has 5 aliphatic carbocycles. The Labute approximate surface area is 256 Å². The van der Waals surface area contributed by atoms with Crippen LogP contribution < -0.4 is 0 Å². The van der Waals surface area contributed by atoms with Crippen LogP contribution in [0.1, 0.15) is 112 Å². The van der Waals surface area contributed by atoms with Crippen molar-refractivity contribution in [2.75, 3.05) is 6.61 Å². The highest BCUT2D eigenvalue weighted by Crippen LogP contribution is 2.76. The molecule has 0 aromatic heterocycles. The van der Waals surface area contributed by atoms with Crippen LogP contribution in [-0.2, 0) is 19.0 Å². The zero-order valence-corrected chi connectivity index (χ0v) is 27.0. The molecule has 1 spiro atoms. The van der Waals surface area contributed by atoms with Gasteiger partial charge in [-0.2, -0.15) is 0 Å². The van der Waals surface area contributed by atoms with E-state index in [1.807, 2.05) is 0 Å². The van der Waals surface area contributed by atoms with E-state index in [0.29, 0.717) is 11.8 Å². The van der Waals surface area contributed by atoms with Crippen molar-refractivity contribution >= 4 is 5.97 Å². The summed E-state index contributed by atoms with van der Waals surface area (Å²) in [6.45, 7) is 13.9. The number of hydrogen-bond donors (Lipinski definition) is 4. The second-order valence-electron chi connectivity index (χ2n) is 17.2. The molecular formula is C35H54O8. The number of hydrogen-bond acceptors (Lipinski definition) is 8. The van der Waals surface area contributed by atoms with Crippen LogP contribution in [0.5, 0.6) is 0 Å². The van der Waals surface area contributed by atoms with Crippen molar-refractivity contribution in [2.45, 2.75) is 155 Å². The van der Waals surface area contributed by atoms with E-state index in [1.54, 1.807) is 5.57 Å². The average Bonchev–Trinajstić information content (AvgIpc) is 2.94. The maximum atomic E-state index is 13.4. The summed E-state index contributed by atoms with van der Waals surface area (Å²) in [5.41, 5.74) is 2.47. The molecule has 8 rings (SSSR count). The van der Waals surface area contributed by atoms with Gasteiger partial charge >= 0.3 is 5.97 Å². The molecule has 7 fully saturated rings. The molecule has 0 unspecified atom stereocenters. The minimum Gasteiger partial charge on any atom is -0.458 e. The largest absolute Gasteiger partial charge is 0.458 e. The Morgan fingerprint density at radius 1 is 0.814 bits per heavy atom. The van der Waals surface area contributed by atoms with Crippen molar-refractivity contribution in [3.63, 3.8) is 0 Å². The summed E-state index contributed by atoms with van der Waals surface area (Å²) in [7, 11) is 0. The Balaban J connectivity index is 1.17. The van der Waals surface area contributed by atoms with Crippen LogP contribution in [0.4, 0.5) is 0 Å². The highest BCUT2D eigenvalue weighted by Gasteiger charge is 2.70. The van der Waals surface area contributed by atoms with E-state index in [9.17, 15) is 25.2 Å². The second kappa shape index (κ2) is 9.51. The minimum atomic E-state index is -1.44. The molecular weight excluding hydrogens is 548 g/mol. The van der Waals surface area contributed by atoms with E-state index in [4.69, 9.17) is 14.2 Å². The van der Waals surface area contributed by atoms with E-state index in [0.717, 1.165) is 70.6 Å². The second-order valence-corrected chi connectivity index (χ2v) is 17.2. The molecule has 8 aliphatic rings. The van der Waals surface area contributed by atoms with Crippen molar-refractivity contribution in [1.82, 2.24) is 0 Å². The molecule has 3 heterocycles. The van der Waals surface area contributed by atoms with Crippen LogP contribution in [0.2, 0.25) is 0 Å². The lowest BCUT2D eigenvalue weighted by molar-refractivity contribution is -0.330. The SMILES string of the molecule is CC1(C)[C@@H](O[C@H]2O[C@@H](CO)[C@@H](O)[C@@H](O)[C@H]2O)CC[C@@]2(C)[C@H]3CCC4=C5C[C@]6(C)CC[C@@]5(CC[C@]4(C)[C@@]3(C)CC[C@@H]12)C(=O)O6. The van der Waals surface area contributed by atoms with Gasteiger partial charge in [0.2, 0.25) is 0 Å². The molecule has 4 N–H and O–H groups in total. The zero-order chi connectivity index (χ0) is 31.0. The molecule has 4 saturated carbocycles. The first kappa shape index (κ1) is 30.6. The molecule has 3 saturated heterocycles. The third-order valence-electron chi connectivity index (χ3n) is 15.1. The summed E-state index contributed by atoms with van der Waals surface area (Å²) < 4.78 is 18.3. The molecule has 0 radical (unpaired) electrons. The predicted octanol–water partition coefficient (Wildman–Crippen LogP) is 4.41. The van der Waals surface area contributed by atoms with Gasteiger partial charge in [0.15, 0.2) is 6.29 Å². The number of carbonyl (C=O) groups is 1. The Morgan fingerprint density at radius 2 is 1.53 bits per heavy atom. The minimum absolute atomic E-state index is 0.0412. The van der Waals surface area contributed by atoms with Gasteiger partial charge in [0.25, 0.3) is 0 Å². The number of rotatable bonds is 3. The molecule has 0 aromatic rings. The molecule has 0 aromatic carbocycles. The van der Waals surface area contributed by atoms with Crippen LogP contribution in [0.3, 0.4) is 0 Å². The molecule has 2 bridgehead atoms.